The molecule has 2 rings (SSSR count). The van der Waals surface area contributed by atoms with Crippen LogP contribution in [0.25, 0.3) is 0 Å². The molecule has 96 valence electrons. The Morgan fingerprint density at radius 2 is 2.47 bits per heavy atom. The molecule has 0 radical (unpaired) electrons. The molecule has 0 saturated carbocycles. The minimum absolute atomic E-state index is 0.316. The van der Waals surface area contributed by atoms with Gasteiger partial charge in [-0.3, -0.25) is 0 Å². The Balaban J connectivity index is 1.96. The number of ether oxygens (including phenoxy) is 1. The molecule has 1 aromatic heterocycles. The van der Waals surface area contributed by atoms with E-state index in [1.54, 1.807) is 0 Å². The number of rotatable bonds is 5. The largest absolute Gasteiger partial charge is 0.381 e. The van der Waals surface area contributed by atoms with Crippen LogP contribution in [0.1, 0.15) is 31.5 Å². The summed E-state index contributed by atoms with van der Waals surface area (Å²) in [5.74, 6) is 0.906. The summed E-state index contributed by atoms with van der Waals surface area (Å²) in [4.78, 5) is 4.23. The highest BCUT2D eigenvalue weighted by Crippen LogP contribution is 2.26. The Hall–Kier alpha value is -0.980. The van der Waals surface area contributed by atoms with Crippen molar-refractivity contribution in [3.05, 3.63) is 11.7 Å². The molecule has 0 aromatic carbocycles. The highest BCUT2D eigenvalue weighted by Gasteiger charge is 2.36. The zero-order valence-electron chi connectivity index (χ0n) is 10.1. The van der Waals surface area contributed by atoms with Gasteiger partial charge in [-0.2, -0.15) is 4.98 Å². The standard InChI is InChI=1S/C11H19N3O3/c1-2-16-7-4-9-13-10(17-14-9)11(15)5-3-6-12-8-11/h12,15H,2-8H2,1H3. The van der Waals surface area contributed by atoms with Gasteiger partial charge in [-0.25, -0.2) is 0 Å². The molecule has 1 unspecified atom stereocenters. The number of aliphatic hydroxyl groups is 1. The summed E-state index contributed by atoms with van der Waals surface area (Å²) in [6.45, 7) is 4.59. The van der Waals surface area contributed by atoms with E-state index in [-0.39, 0.29) is 0 Å². The molecule has 0 spiro atoms. The first kappa shape index (κ1) is 12.5. The Morgan fingerprint density at radius 1 is 1.59 bits per heavy atom. The number of nitrogens with zero attached hydrogens (tertiary/aromatic N) is 2. The second-order valence-electron chi connectivity index (χ2n) is 4.27. The van der Waals surface area contributed by atoms with Crippen molar-refractivity contribution < 1.29 is 14.4 Å². The zero-order chi connectivity index (χ0) is 12.1. The first-order valence-corrected chi connectivity index (χ1v) is 6.08. The van der Waals surface area contributed by atoms with Gasteiger partial charge in [0.05, 0.1) is 6.61 Å². The molecule has 0 bridgehead atoms. The van der Waals surface area contributed by atoms with Crippen molar-refractivity contribution in [2.45, 2.75) is 31.8 Å². The van der Waals surface area contributed by atoms with Crippen molar-refractivity contribution in [2.24, 2.45) is 0 Å². The minimum Gasteiger partial charge on any atom is -0.381 e. The third-order valence-corrected chi connectivity index (χ3v) is 2.90. The van der Waals surface area contributed by atoms with Crippen molar-refractivity contribution >= 4 is 0 Å². The Labute approximate surface area is 100 Å². The van der Waals surface area contributed by atoms with Crippen molar-refractivity contribution in [1.29, 1.82) is 0 Å². The summed E-state index contributed by atoms with van der Waals surface area (Å²) in [6.07, 6.45) is 2.18. The minimum atomic E-state index is -1.00. The molecule has 6 nitrogen and oxygen atoms in total. The van der Waals surface area contributed by atoms with Crippen LogP contribution in [0.5, 0.6) is 0 Å². The summed E-state index contributed by atoms with van der Waals surface area (Å²) >= 11 is 0. The molecule has 1 fully saturated rings. The molecule has 17 heavy (non-hydrogen) atoms. The number of hydrogen-bond acceptors (Lipinski definition) is 6. The van der Waals surface area contributed by atoms with Crippen molar-refractivity contribution in [2.75, 3.05) is 26.3 Å². The van der Waals surface area contributed by atoms with Gasteiger partial charge in [-0.15, -0.1) is 0 Å². The van der Waals surface area contributed by atoms with E-state index in [9.17, 15) is 5.11 Å². The monoisotopic (exact) mass is 241 g/mol. The summed E-state index contributed by atoms with van der Waals surface area (Å²) in [5, 5.41) is 17.3. The summed E-state index contributed by atoms with van der Waals surface area (Å²) in [5.41, 5.74) is -1.00. The summed E-state index contributed by atoms with van der Waals surface area (Å²) in [6, 6.07) is 0. The number of nitrogens with one attached hydrogen (secondary N) is 1. The van der Waals surface area contributed by atoms with E-state index in [1.807, 2.05) is 6.92 Å². The first-order valence-electron chi connectivity index (χ1n) is 6.08. The quantitative estimate of drug-likeness (QED) is 0.718. The molecule has 2 heterocycles. The Bertz CT molecular complexity index is 347. The van der Waals surface area contributed by atoms with Crippen LogP contribution in [0, 0.1) is 0 Å². The van der Waals surface area contributed by atoms with E-state index < -0.39 is 5.60 Å². The lowest BCUT2D eigenvalue weighted by molar-refractivity contribution is -0.0167. The van der Waals surface area contributed by atoms with Crippen LogP contribution in [-0.2, 0) is 16.8 Å². The van der Waals surface area contributed by atoms with Gasteiger partial charge in [-0.1, -0.05) is 5.16 Å². The van der Waals surface area contributed by atoms with E-state index in [2.05, 4.69) is 15.5 Å². The van der Waals surface area contributed by atoms with Gasteiger partial charge in [0.1, 0.15) is 0 Å². The molecular formula is C11H19N3O3. The topological polar surface area (TPSA) is 80.4 Å². The maximum Gasteiger partial charge on any atom is 0.259 e. The summed E-state index contributed by atoms with van der Waals surface area (Å²) in [7, 11) is 0. The fourth-order valence-electron chi connectivity index (χ4n) is 1.92. The lowest BCUT2D eigenvalue weighted by atomic mass is 9.94. The molecule has 1 atom stereocenters. The van der Waals surface area contributed by atoms with Crippen LogP contribution in [0.2, 0.25) is 0 Å². The number of aromatic nitrogens is 2. The lowest BCUT2D eigenvalue weighted by Gasteiger charge is -2.28. The predicted molar refractivity (Wildman–Crippen MR) is 60.5 cm³/mol. The molecule has 2 N–H and O–H groups in total. The van der Waals surface area contributed by atoms with Gasteiger partial charge in [0.25, 0.3) is 5.89 Å². The number of hydrogen-bond donors (Lipinski definition) is 2. The molecule has 1 saturated heterocycles. The van der Waals surface area contributed by atoms with Crippen LogP contribution in [0.3, 0.4) is 0 Å². The van der Waals surface area contributed by atoms with Crippen LogP contribution in [0.15, 0.2) is 4.52 Å². The van der Waals surface area contributed by atoms with E-state index >= 15 is 0 Å². The van der Waals surface area contributed by atoms with Gasteiger partial charge >= 0.3 is 0 Å². The average Bonchev–Trinajstić information content (AvgIpc) is 2.80. The molecule has 1 aliphatic heterocycles. The zero-order valence-corrected chi connectivity index (χ0v) is 10.1. The second-order valence-corrected chi connectivity index (χ2v) is 4.27. The van der Waals surface area contributed by atoms with Gasteiger partial charge < -0.3 is 19.7 Å². The van der Waals surface area contributed by atoms with E-state index in [0.29, 0.717) is 44.3 Å². The van der Waals surface area contributed by atoms with E-state index in [0.717, 1.165) is 13.0 Å². The molecule has 1 aliphatic rings. The molecule has 1 aromatic rings. The van der Waals surface area contributed by atoms with Crippen LogP contribution >= 0.6 is 0 Å². The van der Waals surface area contributed by atoms with Crippen molar-refractivity contribution in [3.63, 3.8) is 0 Å². The highest BCUT2D eigenvalue weighted by atomic mass is 16.5. The van der Waals surface area contributed by atoms with Gasteiger partial charge in [0, 0.05) is 19.6 Å². The maximum atomic E-state index is 10.3. The smallest absolute Gasteiger partial charge is 0.259 e. The highest BCUT2D eigenvalue weighted by molar-refractivity contribution is 5.02. The SMILES string of the molecule is CCOCCc1noc(C2(O)CCCNC2)n1. The second kappa shape index (κ2) is 5.57. The number of β-amino-alcohol motifs (C(OH)–C–C–N with tert-alkyl or cyclic N) is 1. The maximum absolute atomic E-state index is 10.3. The fourth-order valence-corrected chi connectivity index (χ4v) is 1.92. The number of piperidine rings is 1. The normalized spacial score (nSPS) is 25.1. The molecular weight excluding hydrogens is 222 g/mol. The van der Waals surface area contributed by atoms with E-state index in [1.165, 1.54) is 0 Å². The molecule has 0 amide bonds. The summed E-state index contributed by atoms with van der Waals surface area (Å²) < 4.78 is 10.4. The van der Waals surface area contributed by atoms with Crippen molar-refractivity contribution in [1.82, 2.24) is 15.5 Å². The predicted octanol–water partition coefficient (Wildman–Crippen LogP) is 0.220. The van der Waals surface area contributed by atoms with Crippen LogP contribution < -0.4 is 5.32 Å². The fraction of sp³-hybridized carbons (Fsp3) is 0.818. The molecule has 6 heteroatoms. The third-order valence-electron chi connectivity index (χ3n) is 2.90. The van der Waals surface area contributed by atoms with Gasteiger partial charge in [0.15, 0.2) is 11.4 Å². The Kier molecular flexibility index (Phi) is 4.09. The Morgan fingerprint density at radius 3 is 3.18 bits per heavy atom. The third kappa shape index (κ3) is 3.02. The first-order chi connectivity index (χ1) is 8.24. The van der Waals surface area contributed by atoms with E-state index in [4.69, 9.17) is 9.26 Å². The van der Waals surface area contributed by atoms with Crippen LogP contribution in [0.4, 0.5) is 0 Å². The van der Waals surface area contributed by atoms with Gasteiger partial charge in [-0.05, 0) is 26.3 Å². The van der Waals surface area contributed by atoms with Gasteiger partial charge in [0.2, 0.25) is 0 Å². The average molecular weight is 241 g/mol. The van der Waals surface area contributed by atoms with Crippen LogP contribution in [-0.4, -0.2) is 41.6 Å². The lowest BCUT2D eigenvalue weighted by Crippen LogP contribution is -2.43. The van der Waals surface area contributed by atoms with Crippen molar-refractivity contribution in [3.8, 4) is 0 Å². The molecule has 0 aliphatic carbocycles.